The molecular weight excluding hydrogens is 158 g/mol. The van der Waals surface area contributed by atoms with Crippen molar-refractivity contribution in [1.29, 1.82) is 0 Å². The van der Waals surface area contributed by atoms with Crippen molar-refractivity contribution < 1.29 is 0 Å². The smallest absolute Gasteiger partial charge is 0.184 e. The first-order chi connectivity index (χ1) is 5.27. The van der Waals surface area contributed by atoms with Crippen molar-refractivity contribution in [2.24, 2.45) is 10.8 Å². The lowest BCUT2D eigenvalue weighted by atomic mass is 10.3. The van der Waals surface area contributed by atoms with E-state index in [1.807, 2.05) is 12.2 Å². The van der Waals surface area contributed by atoms with Crippen LogP contribution >= 0.6 is 12.2 Å². The number of allylic oxidation sites excluding steroid dienone is 2. The lowest BCUT2D eigenvalue weighted by Crippen LogP contribution is -2.23. The van der Waals surface area contributed by atoms with E-state index in [1.54, 1.807) is 6.21 Å². The van der Waals surface area contributed by atoms with Gasteiger partial charge in [0.1, 0.15) is 0 Å². The van der Waals surface area contributed by atoms with Crippen molar-refractivity contribution in [3.63, 3.8) is 0 Å². The van der Waals surface area contributed by atoms with Crippen LogP contribution in [0.25, 0.3) is 0 Å². The lowest BCUT2D eigenvalue weighted by molar-refractivity contribution is 0.959. The van der Waals surface area contributed by atoms with Gasteiger partial charge in [0, 0.05) is 6.21 Å². The summed E-state index contributed by atoms with van der Waals surface area (Å²) < 4.78 is 0. The van der Waals surface area contributed by atoms with E-state index in [4.69, 9.17) is 5.73 Å². The molecule has 0 aromatic rings. The minimum atomic E-state index is 0.185. The number of rotatable bonds is 4. The molecule has 0 spiro atoms. The maximum Gasteiger partial charge on any atom is 0.184 e. The van der Waals surface area contributed by atoms with Crippen molar-refractivity contribution in [2.45, 2.75) is 19.8 Å². The van der Waals surface area contributed by atoms with Gasteiger partial charge in [-0.1, -0.05) is 19.4 Å². The SMILES string of the molecule is CCC/C=C/C=N/NC(N)=S. The van der Waals surface area contributed by atoms with Gasteiger partial charge in [-0.05, 0) is 24.7 Å². The molecule has 62 valence electrons. The number of nitrogens with two attached hydrogens (primary N) is 1. The number of nitrogens with zero attached hydrogens (tertiary/aromatic N) is 1. The molecule has 4 heteroatoms. The number of nitrogens with one attached hydrogen (secondary N) is 1. The van der Waals surface area contributed by atoms with E-state index in [0.29, 0.717) is 0 Å². The number of hydrogen-bond donors (Lipinski definition) is 2. The van der Waals surface area contributed by atoms with Crippen molar-refractivity contribution >= 4 is 23.5 Å². The first-order valence-corrected chi connectivity index (χ1v) is 3.91. The average Bonchev–Trinajstić information content (AvgIpc) is 1.96. The fourth-order valence-electron chi connectivity index (χ4n) is 0.468. The molecule has 3 nitrogen and oxygen atoms in total. The Morgan fingerprint density at radius 3 is 3.00 bits per heavy atom. The molecule has 0 fully saturated rings. The first-order valence-electron chi connectivity index (χ1n) is 3.51. The predicted octanol–water partition coefficient (Wildman–Crippen LogP) is 1.16. The summed E-state index contributed by atoms with van der Waals surface area (Å²) in [5.74, 6) is 0. The van der Waals surface area contributed by atoms with Gasteiger partial charge in [-0.15, -0.1) is 0 Å². The van der Waals surface area contributed by atoms with Crippen molar-refractivity contribution in [3.05, 3.63) is 12.2 Å². The van der Waals surface area contributed by atoms with Gasteiger partial charge in [0.05, 0.1) is 0 Å². The molecule has 0 radical (unpaired) electrons. The summed E-state index contributed by atoms with van der Waals surface area (Å²) in [5, 5.41) is 3.90. The second-order valence-electron chi connectivity index (χ2n) is 1.97. The number of unbranched alkanes of at least 4 members (excludes halogenated alkanes) is 1. The van der Waals surface area contributed by atoms with Gasteiger partial charge in [0.25, 0.3) is 0 Å². The van der Waals surface area contributed by atoms with Gasteiger partial charge >= 0.3 is 0 Å². The van der Waals surface area contributed by atoms with E-state index in [2.05, 4.69) is 29.7 Å². The molecule has 0 unspecified atom stereocenters. The minimum Gasteiger partial charge on any atom is -0.375 e. The van der Waals surface area contributed by atoms with Gasteiger partial charge in [-0.2, -0.15) is 5.10 Å². The maximum atomic E-state index is 5.12. The van der Waals surface area contributed by atoms with Crippen molar-refractivity contribution in [2.75, 3.05) is 0 Å². The van der Waals surface area contributed by atoms with E-state index >= 15 is 0 Å². The predicted molar refractivity (Wildman–Crippen MR) is 52.5 cm³/mol. The zero-order valence-corrected chi connectivity index (χ0v) is 7.40. The molecule has 0 bridgehead atoms. The fourth-order valence-corrected chi connectivity index (χ4v) is 0.520. The van der Waals surface area contributed by atoms with Crippen LogP contribution in [-0.4, -0.2) is 11.3 Å². The maximum absolute atomic E-state index is 5.12. The Bertz CT molecular complexity index is 163. The highest BCUT2D eigenvalue weighted by Crippen LogP contribution is 1.85. The molecule has 0 aliphatic rings. The summed E-state index contributed by atoms with van der Waals surface area (Å²) in [6.45, 7) is 2.12. The molecular formula is C7H13N3S. The zero-order valence-electron chi connectivity index (χ0n) is 6.58. The summed E-state index contributed by atoms with van der Waals surface area (Å²) in [6, 6.07) is 0. The molecule has 0 aromatic carbocycles. The third-order valence-corrected chi connectivity index (χ3v) is 1.02. The summed E-state index contributed by atoms with van der Waals surface area (Å²) in [6.07, 6.45) is 7.72. The van der Waals surface area contributed by atoms with Gasteiger partial charge in [0.15, 0.2) is 5.11 Å². The summed E-state index contributed by atoms with van der Waals surface area (Å²) in [7, 11) is 0. The molecule has 0 aliphatic heterocycles. The van der Waals surface area contributed by atoms with E-state index in [9.17, 15) is 0 Å². The van der Waals surface area contributed by atoms with Crippen LogP contribution in [0, 0.1) is 0 Å². The highest BCUT2D eigenvalue weighted by Gasteiger charge is 1.75. The molecule has 11 heavy (non-hydrogen) atoms. The van der Waals surface area contributed by atoms with E-state index in [0.717, 1.165) is 12.8 Å². The van der Waals surface area contributed by atoms with Gasteiger partial charge < -0.3 is 5.73 Å². The van der Waals surface area contributed by atoms with E-state index < -0.39 is 0 Å². The van der Waals surface area contributed by atoms with Crippen LogP contribution in [0.2, 0.25) is 0 Å². The van der Waals surface area contributed by atoms with Crippen LogP contribution in [0.5, 0.6) is 0 Å². The molecule has 0 heterocycles. The lowest BCUT2D eigenvalue weighted by Gasteiger charge is -1.90. The third kappa shape index (κ3) is 9.10. The van der Waals surface area contributed by atoms with Crippen LogP contribution in [0.3, 0.4) is 0 Å². The molecule has 0 rings (SSSR count). The number of hydrazone groups is 1. The van der Waals surface area contributed by atoms with Crippen LogP contribution in [0.15, 0.2) is 17.3 Å². The molecule has 0 saturated carbocycles. The Hall–Kier alpha value is -0.900. The minimum absolute atomic E-state index is 0.185. The Labute approximate surface area is 72.4 Å². The average molecular weight is 171 g/mol. The summed E-state index contributed by atoms with van der Waals surface area (Å²) in [5.41, 5.74) is 7.57. The fraction of sp³-hybridized carbons (Fsp3) is 0.429. The third-order valence-electron chi connectivity index (χ3n) is 0.927. The normalized spacial score (nSPS) is 11.0. The molecule has 0 aromatic heterocycles. The summed E-state index contributed by atoms with van der Waals surface area (Å²) >= 11 is 4.53. The number of hydrogen-bond acceptors (Lipinski definition) is 2. The van der Waals surface area contributed by atoms with Crippen LogP contribution in [-0.2, 0) is 0 Å². The summed E-state index contributed by atoms with van der Waals surface area (Å²) in [4.78, 5) is 0. The molecule has 0 aliphatic carbocycles. The Balaban J connectivity index is 3.36. The zero-order chi connectivity index (χ0) is 8.53. The Kier molecular flexibility index (Phi) is 6.62. The molecule has 0 atom stereocenters. The van der Waals surface area contributed by atoms with Crippen LogP contribution in [0.4, 0.5) is 0 Å². The Morgan fingerprint density at radius 2 is 2.45 bits per heavy atom. The second-order valence-corrected chi connectivity index (χ2v) is 2.41. The molecule has 0 amide bonds. The van der Waals surface area contributed by atoms with Gasteiger partial charge in [0.2, 0.25) is 0 Å². The highest BCUT2D eigenvalue weighted by atomic mass is 32.1. The first kappa shape index (κ1) is 10.1. The molecule has 0 saturated heterocycles. The molecule has 3 N–H and O–H groups in total. The Morgan fingerprint density at radius 1 is 1.73 bits per heavy atom. The topological polar surface area (TPSA) is 50.4 Å². The van der Waals surface area contributed by atoms with E-state index in [-0.39, 0.29) is 5.11 Å². The number of thiocarbonyl (C=S) groups is 1. The largest absolute Gasteiger partial charge is 0.375 e. The van der Waals surface area contributed by atoms with Gasteiger partial charge in [-0.25, -0.2) is 0 Å². The quantitative estimate of drug-likeness (QED) is 0.379. The highest BCUT2D eigenvalue weighted by molar-refractivity contribution is 7.80. The van der Waals surface area contributed by atoms with Crippen LogP contribution < -0.4 is 11.2 Å². The second kappa shape index (κ2) is 7.21. The van der Waals surface area contributed by atoms with Crippen molar-refractivity contribution in [3.8, 4) is 0 Å². The van der Waals surface area contributed by atoms with Gasteiger partial charge in [-0.3, -0.25) is 5.43 Å². The van der Waals surface area contributed by atoms with E-state index in [1.165, 1.54) is 0 Å². The monoisotopic (exact) mass is 171 g/mol. The standard InChI is InChI=1S/C7H13N3S/c1-2-3-4-5-6-9-10-7(8)11/h4-6H,2-3H2,1H3,(H3,8,10,11)/b5-4+,9-6+. The van der Waals surface area contributed by atoms with Crippen LogP contribution in [0.1, 0.15) is 19.8 Å². The van der Waals surface area contributed by atoms with Crippen molar-refractivity contribution in [1.82, 2.24) is 5.43 Å².